The monoisotopic (exact) mass is 435 g/mol. The molecule has 0 aromatic heterocycles. The van der Waals surface area contributed by atoms with Gasteiger partial charge in [-0.05, 0) is 61.6 Å². The second-order valence-corrected chi connectivity index (χ2v) is 10.0. The van der Waals surface area contributed by atoms with Gasteiger partial charge in [0.25, 0.3) is 0 Å². The molecule has 1 aliphatic carbocycles. The molecule has 30 heavy (non-hydrogen) atoms. The molecule has 1 aromatic carbocycles. The number of hydrogen-bond acceptors (Lipinski definition) is 5. The lowest BCUT2D eigenvalue weighted by Crippen LogP contribution is -2.45. The summed E-state index contributed by atoms with van der Waals surface area (Å²) in [6.45, 7) is 8.40. The van der Waals surface area contributed by atoms with Gasteiger partial charge in [0.1, 0.15) is 11.6 Å². The van der Waals surface area contributed by atoms with Gasteiger partial charge in [0.2, 0.25) is 0 Å². The molecule has 0 bridgehead atoms. The van der Waals surface area contributed by atoms with Crippen LogP contribution in [0.3, 0.4) is 0 Å². The van der Waals surface area contributed by atoms with Gasteiger partial charge >= 0.3 is 11.9 Å². The molecule has 0 radical (unpaired) electrons. The Kier molecular flexibility index (Phi) is 7.13. The summed E-state index contributed by atoms with van der Waals surface area (Å²) in [5.41, 5.74) is -0.0357. The molecule has 0 amide bonds. The first-order chi connectivity index (χ1) is 14.1. The lowest BCUT2D eigenvalue weighted by atomic mass is 9.75. The molecule has 3 rings (SSSR count). The van der Waals surface area contributed by atoms with Crippen LogP contribution in [0.25, 0.3) is 0 Å². The average molecular weight is 436 g/mol. The van der Waals surface area contributed by atoms with E-state index in [1.54, 1.807) is 19.1 Å². The predicted molar refractivity (Wildman–Crippen MR) is 117 cm³/mol. The van der Waals surface area contributed by atoms with Crippen molar-refractivity contribution in [3.63, 3.8) is 0 Å². The number of carbonyl (C=O) groups is 2. The molecule has 1 saturated carbocycles. The van der Waals surface area contributed by atoms with E-state index in [4.69, 9.17) is 21.1 Å². The average Bonchev–Trinajstić information content (AvgIpc) is 3.07. The summed E-state index contributed by atoms with van der Waals surface area (Å²) in [7, 11) is 1.37. The first kappa shape index (κ1) is 23.1. The Morgan fingerprint density at radius 3 is 2.47 bits per heavy atom. The molecule has 5 nitrogen and oxygen atoms in total. The Balaban J connectivity index is 1.84. The highest BCUT2D eigenvalue weighted by molar-refractivity contribution is 6.30. The van der Waals surface area contributed by atoms with E-state index in [1.807, 2.05) is 12.1 Å². The van der Waals surface area contributed by atoms with E-state index in [-0.39, 0.29) is 24.1 Å². The zero-order valence-electron chi connectivity index (χ0n) is 18.6. The number of carbonyl (C=O) groups excluding carboxylic acids is 2. The van der Waals surface area contributed by atoms with E-state index in [0.717, 1.165) is 18.4 Å². The van der Waals surface area contributed by atoms with Crippen molar-refractivity contribution in [1.29, 1.82) is 0 Å². The van der Waals surface area contributed by atoms with Crippen molar-refractivity contribution in [2.75, 3.05) is 7.11 Å². The molecule has 1 saturated heterocycles. The third-order valence-corrected chi connectivity index (χ3v) is 7.15. The number of hydrogen-bond donors (Lipinski definition) is 1. The van der Waals surface area contributed by atoms with Crippen LogP contribution in [-0.4, -0.2) is 30.7 Å². The molecular formula is C24H34ClNO4. The number of ether oxygens (including phenoxy) is 2. The maximum Gasteiger partial charge on any atom is 0.325 e. The number of methoxy groups -OCH3 is 1. The van der Waals surface area contributed by atoms with Crippen molar-refractivity contribution >= 4 is 23.5 Å². The minimum Gasteiger partial charge on any atom is -0.468 e. The zero-order valence-corrected chi connectivity index (χ0v) is 19.4. The summed E-state index contributed by atoms with van der Waals surface area (Å²) < 4.78 is 11.2. The maximum absolute atomic E-state index is 13.4. The van der Waals surface area contributed by atoms with E-state index >= 15 is 0 Å². The van der Waals surface area contributed by atoms with Gasteiger partial charge in [-0.3, -0.25) is 14.9 Å². The van der Waals surface area contributed by atoms with Crippen LogP contribution in [0.4, 0.5) is 0 Å². The summed E-state index contributed by atoms with van der Waals surface area (Å²) in [4.78, 5) is 25.8. The van der Waals surface area contributed by atoms with Gasteiger partial charge in [-0.2, -0.15) is 0 Å². The summed E-state index contributed by atoms with van der Waals surface area (Å²) >= 11 is 6.05. The topological polar surface area (TPSA) is 64.6 Å². The Morgan fingerprint density at radius 2 is 1.87 bits per heavy atom. The summed E-state index contributed by atoms with van der Waals surface area (Å²) in [5.74, 6) is 0.306. The molecule has 1 heterocycles. The molecule has 2 fully saturated rings. The van der Waals surface area contributed by atoms with E-state index in [1.165, 1.54) is 13.5 Å². The minimum absolute atomic E-state index is 0.0721. The van der Waals surface area contributed by atoms with Crippen LogP contribution >= 0.6 is 11.6 Å². The highest BCUT2D eigenvalue weighted by Crippen LogP contribution is 2.42. The fourth-order valence-electron chi connectivity index (χ4n) is 5.12. The fourth-order valence-corrected chi connectivity index (χ4v) is 5.25. The quantitative estimate of drug-likeness (QED) is 0.664. The number of rotatable bonds is 5. The molecule has 6 heteroatoms. The third-order valence-electron chi connectivity index (χ3n) is 6.90. The van der Waals surface area contributed by atoms with Crippen molar-refractivity contribution in [2.45, 2.75) is 71.1 Å². The summed E-state index contributed by atoms with van der Waals surface area (Å²) in [5, 5.41) is 3.97. The van der Waals surface area contributed by atoms with Crippen LogP contribution < -0.4 is 5.32 Å². The molecule has 1 N–H and O–H groups in total. The minimum atomic E-state index is -0.944. The van der Waals surface area contributed by atoms with Crippen molar-refractivity contribution in [2.24, 2.45) is 23.7 Å². The van der Waals surface area contributed by atoms with E-state index in [2.05, 4.69) is 26.1 Å². The molecule has 0 unspecified atom stereocenters. The second-order valence-electron chi connectivity index (χ2n) is 9.61. The molecule has 6 atom stereocenters. The fraction of sp³-hybridized carbons (Fsp3) is 0.667. The van der Waals surface area contributed by atoms with Crippen LogP contribution in [0.1, 0.15) is 65.0 Å². The van der Waals surface area contributed by atoms with Crippen molar-refractivity contribution in [3.8, 4) is 0 Å². The van der Waals surface area contributed by atoms with Gasteiger partial charge in [0.05, 0.1) is 13.0 Å². The van der Waals surface area contributed by atoms with Crippen LogP contribution in [0.5, 0.6) is 0 Å². The Labute approximate surface area is 184 Å². The largest absolute Gasteiger partial charge is 0.468 e. The van der Waals surface area contributed by atoms with Gasteiger partial charge in [0.15, 0.2) is 0 Å². The first-order valence-electron chi connectivity index (χ1n) is 11.0. The summed E-state index contributed by atoms with van der Waals surface area (Å²) in [6, 6.07) is 7.04. The van der Waals surface area contributed by atoms with Crippen LogP contribution in [0.15, 0.2) is 24.3 Å². The van der Waals surface area contributed by atoms with Gasteiger partial charge in [-0.15, -0.1) is 0 Å². The van der Waals surface area contributed by atoms with Crippen molar-refractivity contribution < 1.29 is 19.1 Å². The molecule has 1 aromatic rings. The van der Waals surface area contributed by atoms with Gasteiger partial charge in [-0.25, -0.2) is 0 Å². The van der Waals surface area contributed by atoms with Crippen LogP contribution in [-0.2, 0) is 19.1 Å². The van der Waals surface area contributed by atoms with Crippen LogP contribution in [0.2, 0.25) is 5.02 Å². The predicted octanol–water partition coefficient (Wildman–Crippen LogP) is 4.93. The van der Waals surface area contributed by atoms with E-state index in [9.17, 15) is 9.59 Å². The Bertz CT molecular complexity index is 765. The Morgan fingerprint density at radius 1 is 1.20 bits per heavy atom. The van der Waals surface area contributed by atoms with Crippen molar-refractivity contribution in [1.82, 2.24) is 5.32 Å². The SMILES string of the molecule is COC(=O)[C@]1(C)C[C@H](C(=O)O[C@@H]2C[C@H](C)CC[C@H]2C(C)C)[C@H](c2ccc(Cl)cc2)N1. The first-order valence-corrected chi connectivity index (χ1v) is 11.3. The second kappa shape index (κ2) is 9.27. The van der Waals surface area contributed by atoms with Crippen LogP contribution in [0, 0.1) is 23.7 Å². The lowest BCUT2D eigenvalue weighted by molar-refractivity contribution is -0.161. The standard InChI is InChI=1S/C24H34ClNO4/c1-14(2)18-11-6-15(3)12-20(18)30-22(27)19-13-24(4,23(28)29-5)26-21(19)16-7-9-17(25)10-8-16/h7-10,14-15,18-21,26H,6,11-13H2,1-5H3/t15-,18+,19+,20-,21+,24+/m1/s1. The summed E-state index contributed by atoms with van der Waals surface area (Å²) in [6.07, 6.45) is 3.42. The van der Waals surface area contributed by atoms with E-state index < -0.39 is 11.5 Å². The molecular weight excluding hydrogens is 402 g/mol. The highest BCUT2D eigenvalue weighted by Gasteiger charge is 2.51. The molecule has 2 aliphatic rings. The van der Waals surface area contributed by atoms with E-state index in [0.29, 0.717) is 29.2 Å². The smallest absolute Gasteiger partial charge is 0.325 e. The van der Waals surface area contributed by atoms with Crippen molar-refractivity contribution in [3.05, 3.63) is 34.9 Å². The highest BCUT2D eigenvalue weighted by atomic mass is 35.5. The zero-order chi connectivity index (χ0) is 22.1. The lowest BCUT2D eigenvalue weighted by Gasteiger charge is -2.37. The van der Waals surface area contributed by atoms with Gasteiger partial charge < -0.3 is 9.47 Å². The number of halogens is 1. The normalized spacial score (nSPS) is 34.0. The Hall–Kier alpha value is -1.59. The van der Waals surface area contributed by atoms with Gasteiger partial charge in [0, 0.05) is 11.1 Å². The number of esters is 2. The number of benzene rings is 1. The molecule has 166 valence electrons. The molecule has 1 aliphatic heterocycles. The molecule has 0 spiro atoms. The van der Waals surface area contributed by atoms with Gasteiger partial charge in [-0.1, -0.05) is 50.9 Å². The maximum atomic E-state index is 13.4. The number of nitrogens with one attached hydrogen (secondary N) is 1. The third kappa shape index (κ3) is 4.83.